The predicted octanol–water partition coefficient (Wildman–Crippen LogP) is 13.7. The fraction of sp³-hybridized carbons (Fsp3) is 0.443. The number of carbonyl (C=O) groups is 5. The van der Waals surface area contributed by atoms with E-state index in [1.165, 1.54) is 74.1 Å². The van der Waals surface area contributed by atoms with Gasteiger partial charge >= 0.3 is 30.6 Å². The number of aromatic hydroxyl groups is 1. The number of alkyl halides is 6. The lowest BCUT2D eigenvalue weighted by atomic mass is 9.77. The number of amides is 2. The van der Waals surface area contributed by atoms with Gasteiger partial charge in [0.05, 0.1) is 20.1 Å². The van der Waals surface area contributed by atoms with Gasteiger partial charge < -0.3 is 48.9 Å². The minimum Gasteiger partial charge on any atom is -0.503 e. The smallest absolute Gasteiger partial charge is 0.503 e. The zero-order valence-electron chi connectivity index (χ0n) is 52.8. The van der Waals surface area contributed by atoms with Gasteiger partial charge in [-0.1, -0.05) is 112 Å². The van der Waals surface area contributed by atoms with Gasteiger partial charge in [0, 0.05) is 36.4 Å². The van der Waals surface area contributed by atoms with Gasteiger partial charge in [-0.25, -0.2) is 19.6 Å². The van der Waals surface area contributed by atoms with Crippen LogP contribution < -0.4 is 34.3 Å². The Balaban J connectivity index is 0.000000265. The largest absolute Gasteiger partial charge is 0.573 e. The van der Waals surface area contributed by atoms with E-state index in [9.17, 15) is 55.4 Å². The van der Waals surface area contributed by atoms with Crippen molar-refractivity contribution in [2.24, 2.45) is 29.6 Å². The van der Waals surface area contributed by atoms with Crippen molar-refractivity contribution >= 4 is 29.7 Å². The Kier molecular flexibility index (Phi) is 26.3. The second-order valence-corrected chi connectivity index (χ2v) is 23.6. The van der Waals surface area contributed by atoms with E-state index in [1.54, 1.807) is 38.1 Å². The molecule has 2 unspecified atom stereocenters. The van der Waals surface area contributed by atoms with Crippen LogP contribution in [0.5, 0.6) is 34.5 Å². The summed E-state index contributed by atoms with van der Waals surface area (Å²) in [7, 11) is 2.73. The third kappa shape index (κ3) is 22.2. The van der Waals surface area contributed by atoms with Crippen molar-refractivity contribution < 1.29 is 88.6 Å². The molecule has 0 bridgehead atoms. The van der Waals surface area contributed by atoms with Crippen LogP contribution in [0.3, 0.4) is 0 Å². The second-order valence-electron chi connectivity index (χ2n) is 23.6. The Bertz CT molecular complexity index is 3380. The summed E-state index contributed by atoms with van der Waals surface area (Å²) in [5.41, 5.74) is 3.55. The van der Waals surface area contributed by atoms with Gasteiger partial charge in [-0.3, -0.25) is 14.4 Å². The van der Waals surface area contributed by atoms with Gasteiger partial charge in [-0.2, -0.15) is 0 Å². The molecule has 6 aromatic rings. The van der Waals surface area contributed by atoms with Gasteiger partial charge in [0.1, 0.15) is 35.8 Å². The van der Waals surface area contributed by atoms with Gasteiger partial charge in [0.25, 0.3) is 11.8 Å². The molecule has 0 spiro atoms. The number of aryl methyl sites for hydroxylation is 2. The van der Waals surface area contributed by atoms with Crippen LogP contribution in [0.4, 0.5) is 26.3 Å². The normalized spacial score (nSPS) is 20.4. The van der Waals surface area contributed by atoms with Crippen LogP contribution in [0.2, 0.25) is 0 Å². The Hall–Kier alpha value is -8.89. The first-order chi connectivity index (χ1) is 44.4. The number of nitrogens with one attached hydrogen (secondary N) is 2. The molecule has 17 nitrogen and oxygen atoms in total. The number of rotatable bonds is 22. The molecule has 2 saturated heterocycles. The maximum absolute atomic E-state index is 13.6. The van der Waals surface area contributed by atoms with E-state index in [-0.39, 0.29) is 63.8 Å². The fourth-order valence-corrected chi connectivity index (χ4v) is 11.9. The Labute approximate surface area is 537 Å². The number of hydrogen-bond acceptors (Lipinski definition) is 15. The van der Waals surface area contributed by atoms with Crippen LogP contribution in [0.1, 0.15) is 135 Å². The van der Waals surface area contributed by atoms with E-state index in [2.05, 4.69) is 54.3 Å². The monoisotopic (exact) mass is 1300 g/mol. The first kappa shape index (κ1) is 71.5. The number of benzene rings is 4. The van der Waals surface area contributed by atoms with Crippen molar-refractivity contribution in [1.29, 1.82) is 0 Å². The van der Waals surface area contributed by atoms with Crippen LogP contribution >= 0.6 is 0 Å². The van der Waals surface area contributed by atoms with Gasteiger partial charge in [-0.15, -0.1) is 26.3 Å². The molecule has 4 aromatic carbocycles. The highest BCUT2D eigenvalue weighted by atomic mass is 19.4. The van der Waals surface area contributed by atoms with E-state index in [0.717, 1.165) is 62.5 Å². The lowest BCUT2D eigenvalue weighted by molar-refractivity contribution is -0.275. The first-order valence-electron chi connectivity index (χ1n) is 31.1. The summed E-state index contributed by atoms with van der Waals surface area (Å²) in [5.74, 6) is -4.70. The molecule has 2 fully saturated rings. The SMILES string of the molecule is COc1ccnc(C(=O)NC2CCC[C@H](CCCc3ccccc3)[C@@H](Cc3ccc(OC(F)(F)F)cc3)[C@H](C)OC2=O)c1O.COc1ccnc(C(=O)NC2CCC[C@H](CCCc3ccccc3)[C@@H](Cc3ccc(OC(F)(F)F)cc3)[C@H](C)OC2=O)c1OC(=O)C(C)C. The number of ether oxygens (including phenoxy) is 7. The van der Waals surface area contributed by atoms with E-state index in [0.29, 0.717) is 38.5 Å². The molecular weight excluding hydrogens is 1220 g/mol. The highest BCUT2D eigenvalue weighted by Crippen LogP contribution is 2.38. The fourth-order valence-electron chi connectivity index (χ4n) is 11.9. The minimum atomic E-state index is -4.79. The molecule has 2 aliphatic heterocycles. The van der Waals surface area contributed by atoms with Gasteiger partial charge in [-0.05, 0) is 149 Å². The molecule has 2 aromatic heterocycles. The number of hydrogen-bond donors (Lipinski definition) is 3. The summed E-state index contributed by atoms with van der Waals surface area (Å²) in [6, 6.07) is 32.7. The average Bonchev–Trinajstić information content (AvgIpc) is 1.90. The molecule has 0 radical (unpaired) electrons. The van der Waals surface area contributed by atoms with Crippen molar-refractivity contribution in [2.75, 3.05) is 14.2 Å². The van der Waals surface area contributed by atoms with E-state index in [1.807, 2.05) is 50.2 Å². The topological polar surface area (TPSA) is 220 Å². The third-order valence-electron chi connectivity index (χ3n) is 16.7. The summed E-state index contributed by atoms with van der Waals surface area (Å²) in [6.07, 6.45) is 1.51. The van der Waals surface area contributed by atoms with Crippen molar-refractivity contribution in [2.45, 2.75) is 155 Å². The molecule has 2 amide bonds. The van der Waals surface area contributed by atoms with Crippen LogP contribution in [-0.4, -0.2) is 96.0 Å². The number of esters is 3. The molecule has 23 heteroatoms. The molecule has 3 N–H and O–H groups in total. The maximum Gasteiger partial charge on any atom is 0.573 e. The summed E-state index contributed by atoms with van der Waals surface area (Å²) in [4.78, 5) is 73.9. The van der Waals surface area contributed by atoms with E-state index < -0.39 is 78.4 Å². The van der Waals surface area contributed by atoms with Crippen LogP contribution in [-0.2, 0) is 49.5 Å². The lowest BCUT2D eigenvalue weighted by Crippen LogP contribution is -2.43. The lowest BCUT2D eigenvalue weighted by Gasteiger charge is -2.31. The summed E-state index contributed by atoms with van der Waals surface area (Å²) in [6.45, 7) is 6.93. The van der Waals surface area contributed by atoms with Crippen LogP contribution in [0.15, 0.2) is 134 Å². The molecule has 8 atom stereocenters. The number of halogens is 6. The number of cyclic esters (lactones) is 2. The number of carbonyl (C=O) groups excluding carboxylic acids is 5. The molecule has 93 heavy (non-hydrogen) atoms. The molecule has 0 saturated carbocycles. The molecule has 500 valence electrons. The maximum atomic E-state index is 13.6. The minimum absolute atomic E-state index is 0.0787. The zero-order chi connectivity index (χ0) is 67.2. The predicted molar refractivity (Wildman–Crippen MR) is 331 cm³/mol. The summed E-state index contributed by atoms with van der Waals surface area (Å²) < 4.78 is 112. The zero-order valence-corrected chi connectivity index (χ0v) is 52.8. The number of methoxy groups -OCH3 is 2. The number of nitrogens with zero attached hydrogens (tertiary/aromatic N) is 2. The number of aromatic nitrogens is 2. The Morgan fingerprint density at radius 3 is 1.39 bits per heavy atom. The van der Waals surface area contributed by atoms with Gasteiger partial charge in [0.15, 0.2) is 28.6 Å². The van der Waals surface area contributed by atoms with Crippen molar-refractivity contribution in [3.05, 3.63) is 167 Å². The van der Waals surface area contributed by atoms with Crippen LogP contribution in [0, 0.1) is 29.6 Å². The van der Waals surface area contributed by atoms with Crippen LogP contribution in [0.25, 0.3) is 0 Å². The van der Waals surface area contributed by atoms with E-state index in [4.69, 9.17) is 23.7 Å². The Morgan fingerprint density at radius 1 is 0.570 bits per heavy atom. The standard InChI is InChI=1S/C37H43F3N2O7.C33H37F3N2O6/c1-23(2)35(44)48-33-31(46-4)20-21-41-32(33)34(43)42-30-15-9-14-27(13-8-12-25-10-6-5-7-11-25)29(24(3)47-36(30)45)22-26-16-18-28(19-17-26)49-37(38,39)40;1-21-26(20-23-14-16-25(17-15-23)44-33(34,35)36)24(11-6-10-22-8-4-3-5-9-22)12-7-13-27(32(41)43-21)38-31(40)29-30(39)28(42-2)18-19-37-29/h5-7,10-11,16-21,23-24,27,29-30H,8-9,12-15,22H2,1-4H3,(H,42,43);3-5,8-9,14-19,21,24,26-27,39H,6-7,10-13,20H2,1-2H3,(H,38,40)/t24-,27-,29-,30?;21-,24-,26-,27?/m00/s1. The number of pyridine rings is 2. The summed E-state index contributed by atoms with van der Waals surface area (Å²) >= 11 is 0. The van der Waals surface area contributed by atoms with Crippen molar-refractivity contribution in [3.63, 3.8) is 0 Å². The van der Waals surface area contributed by atoms with Crippen molar-refractivity contribution in [3.8, 4) is 34.5 Å². The second kappa shape index (κ2) is 34.1. The molecule has 0 aliphatic carbocycles. The summed E-state index contributed by atoms with van der Waals surface area (Å²) in [5, 5.41) is 15.8. The highest BCUT2D eigenvalue weighted by molar-refractivity contribution is 5.99. The quantitative estimate of drug-likeness (QED) is 0.0425. The molecule has 4 heterocycles. The molecule has 8 rings (SSSR count). The van der Waals surface area contributed by atoms with Gasteiger partial charge in [0.2, 0.25) is 5.75 Å². The Morgan fingerprint density at radius 2 is 0.978 bits per heavy atom. The first-order valence-corrected chi connectivity index (χ1v) is 31.1. The average molecular weight is 1300 g/mol. The van der Waals surface area contributed by atoms with Crippen molar-refractivity contribution in [1.82, 2.24) is 20.6 Å². The van der Waals surface area contributed by atoms with E-state index >= 15 is 0 Å². The molecular formula is C70H80F6N4O13. The molecule has 2 aliphatic rings. The third-order valence-corrected chi connectivity index (χ3v) is 16.7. The highest BCUT2D eigenvalue weighted by Gasteiger charge is 2.38.